The number of aryl methyl sites for hydroxylation is 2. The second-order valence-electron chi connectivity index (χ2n) is 6.51. The van der Waals surface area contributed by atoms with Crippen molar-refractivity contribution in [3.8, 4) is 0 Å². The predicted octanol–water partition coefficient (Wildman–Crippen LogP) is 5.03. The lowest BCUT2D eigenvalue weighted by Gasteiger charge is -2.06. The van der Waals surface area contributed by atoms with Crippen molar-refractivity contribution in [3.05, 3.63) is 75.3 Å². The van der Waals surface area contributed by atoms with E-state index in [1.807, 2.05) is 49.4 Å². The number of halogens is 1. The Morgan fingerprint density at radius 1 is 1.07 bits per heavy atom. The summed E-state index contributed by atoms with van der Waals surface area (Å²) >= 11 is 7.02. The van der Waals surface area contributed by atoms with Crippen LogP contribution in [0.25, 0.3) is 0 Å². The van der Waals surface area contributed by atoms with Crippen LogP contribution in [-0.4, -0.2) is 23.5 Å². The van der Waals surface area contributed by atoms with E-state index in [0.29, 0.717) is 39.4 Å². The number of thiazole rings is 1. The van der Waals surface area contributed by atoms with Crippen molar-refractivity contribution in [1.29, 1.82) is 0 Å². The van der Waals surface area contributed by atoms with Crippen LogP contribution in [0.2, 0.25) is 5.02 Å². The highest BCUT2D eigenvalue weighted by atomic mass is 35.5. The predicted molar refractivity (Wildman–Crippen MR) is 118 cm³/mol. The fraction of sp³-hybridized carbons (Fsp3) is 0.190. The molecule has 0 fully saturated rings. The zero-order chi connectivity index (χ0) is 20.8. The Bertz CT molecular complexity index is 1020. The molecule has 0 aliphatic rings. The topological polar surface area (TPSA) is 83.1 Å². The summed E-state index contributed by atoms with van der Waals surface area (Å²) in [6.07, 6.45) is 0.699. The van der Waals surface area contributed by atoms with Gasteiger partial charge >= 0.3 is 6.03 Å². The minimum absolute atomic E-state index is 0.207. The van der Waals surface area contributed by atoms with Gasteiger partial charge in [-0.25, -0.2) is 9.78 Å². The minimum atomic E-state index is -0.404. The number of amides is 3. The Hall–Kier alpha value is -2.90. The van der Waals surface area contributed by atoms with Crippen molar-refractivity contribution in [2.45, 2.75) is 20.3 Å². The van der Waals surface area contributed by atoms with Crippen LogP contribution in [0.15, 0.2) is 48.5 Å². The van der Waals surface area contributed by atoms with Gasteiger partial charge in [-0.1, -0.05) is 47.2 Å². The summed E-state index contributed by atoms with van der Waals surface area (Å²) in [6, 6.07) is 14.6. The summed E-state index contributed by atoms with van der Waals surface area (Å²) in [5.74, 6) is -0.207. The van der Waals surface area contributed by atoms with E-state index in [4.69, 9.17) is 11.6 Å². The number of hydrogen-bond acceptors (Lipinski definition) is 4. The quantitative estimate of drug-likeness (QED) is 0.514. The molecule has 0 bridgehead atoms. The summed E-state index contributed by atoms with van der Waals surface area (Å²) < 4.78 is 0. The molecule has 3 aromatic rings. The first-order chi connectivity index (χ1) is 13.9. The van der Waals surface area contributed by atoms with Gasteiger partial charge in [0.05, 0.1) is 5.69 Å². The number of anilines is 2. The third kappa shape index (κ3) is 6.04. The molecule has 0 atom stereocenters. The summed E-state index contributed by atoms with van der Waals surface area (Å²) in [5, 5.41) is 9.37. The molecular weight excluding hydrogens is 408 g/mol. The van der Waals surface area contributed by atoms with E-state index in [-0.39, 0.29) is 5.91 Å². The Morgan fingerprint density at radius 2 is 1.83 bits per heavy atom. The van der Waals surface area contributed by atoms with E-state index in [1.54, 1.807) is 13.0 Å². The number of carbonyl (C=O) groups excluding carboxylic acids is 2. The smallest absolute Gasteiger partial charge is 0.325 e. The molecule has 1 aromatic heterocycles. The zero-order valence-corrected chi connectivity index (χ0v) is 17.7. The van der Waals surface area contributed by atoms with Gasteiger partial charge in [-0.15, -0.1) is 0 Å². The van der Waals surface area contributed by atoms with E-state index < -0.39 is 6.03 Å². The molecule has 8 heteroatoms. The van der Waals surface area contributed by atoms with Crippen LogP contribution < -0.4 is 16.0 Å². The first-order valence-electron chi connectivity index (χ1n) is 9.05. The fourth-order valence-corrected chi connectivity index (χ4v) is 3.70. The van der Waals surface area contributed by atoms with Crippen LogP contribution in [0.5, 0.6) is 0 Å². The molecule has 0 saturated carbocycles. The number of rotatable bonds is 6. The monoisotopic (exact) mass is 428 g/mol. The zero-order valence-electron chi connectivity index (χ0n) is 16.1. The highest BCUT2D eigenvalue weighted by Gasteiger charge is 2.16. The second-order valence-corrected chi connectivity index (χ2v) is 7.95. The van der Waals surface area contributed by atoms with E-state index in [1.165, 1.54) is 0 Å². The molecular formula is C21H21ClN4O2S. The van der Waals surface area contributed by atoms with E-state index >= 15 is 0 Å². The summed E-state index contributed by atoms with van der Waals surface area (Å²) in [6.45, 7) is 4.19. The fourth-order valence-electron chi connectivity index (χ4n) is 2.69. The molecule has 3 amide bonds. The number of hydrogen-bond donors (Lipinski definition) is 3. The maximum Gasteiger partial charge on any atom is 0.325 e. The summed E-state index contributed by atoms with van der Waals surface area (Å²) in [4.78, 5) is 29.4. The molecule has 0 aliphatic heterocycles. The first-order valence-corrected chi connectivity index (χ1v) is 10.2. The summed E-state index contributed by atoms with van der Waals surface area (Å²) in [7, 11) is 0. The van der Waals surface area contributed by atoms with Crippen LogP contribution in [0.1, 0.15) is 26.5 Å². The molecule has 150 valence electrons. The van der Waals surface area contributed by atoms with Gasteiger partial charge in [0.2, 0.25) is 0 Å². The average Bonchev–Trinajstić information content (AvgIpc) is 3.03. The van der Waals surface area contributed by atoms with Gasteiger partial charge in [0, 0.05) is 17.3 Å². The normalized spacial score (nSPS) is 10.4. The molecule has 29 heavy (non-hydrogen) atoms. The molecule has 6 nitrogen and oxygen atoms in total. The number of carbonyl (C=O) groups is 2. The maximum absolute atomic E-state index is 12.4. The van der Waals surface area contributed by atoms with Gasteiger partial charge in [0.25, 0.3) is 5.91 Å². The molecule has 0 radical (unpaired) electrons. The van der Waals surface area contributed by atoms with E-state index in [2.05, 4.69) is 20.9 Å². The van der Waals surface area contributed by atoms with Gasteiger partial charge in [-0.05, 0) is 55.7 Å². The van der Waals surface area contributed by atoms with E-state index in [0.717, 1.165) is 22.5 Å². The van der Waals surface area contributed by atoms with Crippen molar-refractivity contribution >= 4 is 45.7 Å². The number of aromatic nitrogens is 1. The molecule has 0 unspecified atom stereocenters. The van der Waals surface area contributed by atoms with Crippen molar-refractivity contribution in [2.75, 3.05) is 17.2 Å². The van der Waals surface area contributed by atoms with Gasteiger partial charge in [0.1, 0.15) is 4.88 Å². The van der Waals surface area contributed by atoms with Crippen molar-refractivity contribution in [1.82, 2.24) is 10.3 Å². The van der Waals surface area contributed by atoms with E-state index in [9.17, 15) is 9.59 Å². The Labute approximate surface area is 178 Å². The molecule has 3 rings (SSSR count). The molecule has 1 heterocycles. The Morgan fingerprint density at radius 3 is 2.55 bits per heavy atom. The number of nitrogens with one attached hydrogen (secondary N) is 3. The number of urea groups is 1. The highest BCUT2D eigenvalue weighted by Crippen LogP contribution is 2.23. The van der Waals surface area contributed by atoms with Crippen molar-refractivity contribution in [2.24, 2.45) is 0 Å². The lowest BCUT2D eigenvalue weighted by atomic mass is 10.1. The van der Waals surface area contributed by atoms with Crippen LogP contribution in [0.3, 0.4) is 0 Å². The second kappa shape index (κ2) is 9.54. The van der Waals surface area contributed by atoms with Crippen molar-refractivity contribution in [3.63, 3.8) is 0 Å². The van der Waals surface area contributed by atoms with Crippen LogP contribution in [-0.2, 0) is 6.42 Å². The first kappa shape index (κ1) is 20.8. The molecule has 3 N–H and O–H groups in total. The lowest BCUT2D eigenvalue weighted by molar-refractivity contribution is 0.0957. The molecule has 0 aliphatic carbocycles. The third-order valence-corrected chi connectivity index (χ3v) is 5.44. The minimum Gasteiger partial charge on any atom is -0.351 e. The standard InChI is InChI=1S/C21H21ClN4O2S/c1-13-4-3-5-17(12-13)25-20(28)26-21-24-14(2)18(29-21)19(27)23-11-10-15-6-8-16(22)9-7-15/h3-9,12H,10-11H2,1-2H3,(H,23,27)(H2,24,25,26,28). The highest BCUT2D eigenvalue weighted by molar-refractivity contribution is 7.17. The Kier molecular flexibility index (Phi) is 6.85. The van der Waals surface area contributed by atoms with Crippen LogP contribution >= 0.6 is 22.9 Å². The van der Waals surface area contributed by atoms with Gasteiger partial charge in [-0.3, -0.25) is 10.1 Å². The van der Waals surface area contributed by atoms with Crippen LogP contribution in [0.4, 0.5) is 15.6 Å². The summed E-state index contributed by atoms with van der Waals surface area (Å²) in [5.41, 5.74) is 3.40. The van der Waals surface area contributed by atoms with Crippen molar-refractivity contribution < 1.29 is 9.59 Å². The van der Waals surface area contributed by atoms with Gasteiger partial charge in [0.15, 0.2) is 5.13 Å². The molecule has 0 spiro atoms. The Balaban J connectivity index is 1.53. The van der Waals surface area contributed by atoms with Crippen LogP contribution in [0, 0.1) is 13.8 Å². The third-order valence-electron chi connectivity index (χ3n) is 4.11. The van der Waals surface area contributed by atoms with Gasteiger partial charge < -0.3 is 10.6 Å². The molecule has 2 aromatic carbocycles. The SMILES string of the molecule is Cc1cccc(NC(=O)Nc2nc(C)c(C(=O)NCCc3ccc(Cl)cc3)s2)c1. The van der Waals surface area contributed by atoms with Gasteiger partial charge in [-0.2, -0.15) is 0 Å². The molecule has 0 saturated heterocycles. The largest absolute Gasteiger partial charge is 0.351 e. The maximum atomic E-state index is 12.4. The lowest BCUT2D eigenvalue weighted by Crippen LogP contribution is -2.25. The number of benzene rings is 2. The average molecular weight is 429 g/mol. The number of nitrogens with zero attached hydrogens (tertiary/aromatic N) is 1.